The van der Waals surface area contributed by atoms with Gasteiger partial charge in [-0.05, 0) is 34.2 Å². The summed E-state index contributed by atoms with van der Waals surface area (Å²) in [4.78, 5) is 33.4. The fraction of sp³-hybridized carbons (Fsp3) is 0.0741. The summed E-state index contributed by atoms with van der Waals surface area (Å²) in [5.74, 6) is 3.28. The first-order valence-electron chi connectivity index (χ1n) is 11.4. The summed E-state index contributed by atoms with van der Waals surface area (Å²) in [5.41, 5.74) is 8.76. The van der Waals surface area contributed by atoms with E-state index in [0.717, 1.165) is 34.2 Å². The number of nitrogen functional groups attached to an aromatic ring is 1. The van der Waals surface area contributed by atoms with E-state index < -0.39 is 17.7 Å². The minimum Gasteiger partial charge on any atom is -0.870 e. The number of allylic oxidation sites excluding steroid dienone is 1. The van der Waals surface area contributed by atoms with Crippen LogP contribution in [0.2, 0.25) is 20.4 Å². The Morgan fingerprint density at radius 1 is 0.867 bits per heavy atom. The Bertz CT molecular complexity index is 1660. The highest BCUT2D eigenvalue weighted by atomic mass is 35.5. The first kappa shape index (κ1) is 40.9. The summed E-state index contributed by atoms with van der Waals surface area (Å²) in [6.07, 6.45) is 2.04. The maximum atomic E-state index is 11.8. The summed E-state index contributed by atoms with van der Waals surface area (Å²) in [5, 5.41) is 18.0. The fourth-order valence-corrected chi connectivity index (χ4v) is 4.97. The Kier molecular flexibility index (Phi) is 19.6. The molecule has 12 nitrogen and oxygen atoms in total. The van der Waals surface area contributed by atoms with Crippen LogP contribution in [0.4, 0.5) is 0 Å². The van der Waals surface area contributed by atoms with E-state index in [1.54, 1.807) is 24.3 Å². The summed E-state index contributed by atoms with van der Waals surface area (Å²) >= 11 is 24.4. The quantitative estimate of drug-likeness (QED) is 0.0551. The Morgan fingerprint density at radius 2 is 1.36 bits per heavy atom. The Morgan fingerprint density at radius 3 is 1.76 bits per heavy atom. The molecule has 6 N–H and O–H groups in total. The van der Waals surface area contributed by atoms with Gasteiger partial charge in [-0.15, -0.1) is 0 Å². The Hall–Kier alpha value is -4.09. The summed E-state index contributed by atoms with van der Waals surface area (Å²) in [6.45, 7) is 0. The molecule has 45 heavy (non-hydrogen) atoms. The van der Waals surface area contributed by atoms with E-state index in [0.29, 0.717) is 11.9 Å². The van der Waals surface area contributed by atoms with E-state index >= 15 is 0 Å². The predicted octanol–water partition coefficient (Wildman–Crippen LogP) is 6.25. The molecule has 18 heteroatoms. The van der Waals surface area contributed by atoms with Gasteiger partial charge in [0.2, 0.25) is 0 Å². The monoisotopic (exact) mass is 727 g/mol. The van der Waals surface area contributed by atoms with Crippen LogP contribution in [0.15, 0.2) is 66.9 Å². The molecule has 0 bridgehead atoms. The highest BCUT2D eigenvalue weighted by Gasteiger charge is 2.17. The highest BCUT2D eigenvalue weighted by Crippen LogP contribution is 2.28. The van der Waals surface area contributed by atoms with Crippen LogP contribution >= 0.6 is 69.5 Å². The molecule has 1 unspecified atom stereocenters. The largest absolute Gasteiger partial charge is 0.870 e. The topological polar surface area (TPSA) is 217 Å². The Labute approximate surface area is 286 Å². The number of nitrogens with one attached hydrogen (secondary N) is 3. The second-order valence-corrected chi connectivity index (χ2v) is 10.5. The van der Waals surface area contributed by atoms with Crippen LogP contribution < -0.4 is 22.1 Å². The molecule has 2 aromatic heterocycles. The minimum absolute atomic E-state index is 0. The number of carbonyl (C=O) groups is 3. The van der Waals surface area contributed by atoms with Gasteiger partial charge in [-0.1, -0.05) is 114 Å². The van der Waals surface area contributed by atoms with Crippen molar-refractivity contribution in [1.82, 2.24) is 25.0 Å². The predicted molar refractivity (Wildman–Crippen MR) is 176 cm³/mol. The lowest BCUT2D eigenvalue weighted by molar-refractivity contribution is -0.108. The van der Waals surface area contributed by atoms with Gasteiger partial charge in [-0.25, -0.2) is 5.84 Å². The molecule has 0 aliphatic heterocycles. The molecule has 0 saturated heterocycles. The standard InChI is InChI=1S/C13H8Cl2N4OS.C9H7NO.C4H3Cl2N3OS.CH4.H2O/c14-10-11(21-19-12(10)15)13(20)18-17-7-9(6-16)8-4-2-1-3-5-8;10-6-9(7-11)8-4-2-1-3-5-8;5-1-2(4(10)8-7)11-9-3(1)6;;/h1-5,7,17H,(H,18,20);1-5,7,9H;7H2,(H,8,10);1H4;1H2/p-1. The molecule has 0 radical (unpaired) electrons. The molecule has 0 aliphatic carbocycles. The Balaban J connectivity index is 0.000000688. The van der Waals surface area contributed by atoms with Crippen molar-refractivity contribution in [3.63, 3.8) is 0 Å². The third-order valence-electron chi connectivity index (χ3n) is 4.78. The van der Waals surface area contributed by atoms with Gasteiger partial charge in [0.1, 0.15) is 38.1 Å². The molecule has 2 aromatic carbocycles. The minimum atomic E-state index is -0.615. The number of nitrogens with two attached hydrogens (primary N) is 1. The fourth-order valence-electron chi connectivity index (χ4n) is 2.74. The maximum Gasteiger partial charge on any atom is 0.282 e. The van der Waals surface area contributed by atoms with E-state index in [1.165, 1.54) is 6.20 Å². The van der Waals surface area contributed by atoms with E-state index in [-0.39, 0.29) is 43.0 Å². The van der Waals surface area contributed by atoms with Crippen molar-refractivity contribution in [1.29, 1.82) is 10.5 Å². The molecule has 0 saturated carbocycles. The number of rotatable bonds is 7. The summed E-state index contributed by atoms with van der Waals surface area (Å²) < 4.78 is 7.41. The lowest BCUT2D eigenvalue weighted by Gasteiger charge is -2.04. The summed E-state index contributed by atoms with van der Waals surface area (Å²) in [7, 11) is 0. The van der Waals surface area contributed by atoms with Gasteiger partial charge < -0.3 is 15.7 Å². The van der Waals surface area contributed by atoms with Gasteiger partial charge in [0.05, 0.1) is 11.6 Å². The van der Waals surface area contributed by atoms with Gasteiger partial charge in [0, 0.05) is 6.20 Å². The van der Waals surface area contributed by atoms with Crippen molar-refractivity contribution in [2.45, 2.75) is 13.3 Å². The number of aldehydes is 1. The van der Waals surface area contributed by atoms with Gasteiger partial charge >= 0.3 is 0 Å². The molecule has 4 rings (SSSR count). The average Bonchev–Trinajstić information content (AvgIpc) is 3.56. The molecule has 0 spiro atoms. The number of hydrazine groups is 2. The number of hydrogen-bond donors (Lipinski definition) is 4. The zero-order valence-electron chi connectivity index (χ0n) is 21.9. The molecule has 2 amide bonds. The van der Waals surface area contributed by atoms with Crippen molar-refractivity contribution in [2.75, 3.05) is 0 Å². The van der Waals surface area contributed by atoms with E-state index in [9.17, 15) is 14.4 Å². The third-order valence-corrected chi connectivity index (χ3v) is 8.37. The number of hydrogen-bond acceptors (Lipinski definition) is 12. The van der Waals surface area contributed by atoms with E-state index in [4.69, 9.17) is 62.8 Å². The lowest BCUT2D eigenvalue weighted by atomic mass is 10.0. The maximum absolute atomic E-state index is 11.8. The zero-order valence-corrected chi connectivity index (χ0v) is 26.5. The number of amides is 2. The van der Waals surface area contributed by atoms with Crippen molar-refractivity contribution in [2.24, 2.45) is 5.84 Å². The number of nitrogens with zero attached hydrogens (tertiary/aromatic N) is 4. The molecule has 0 fully saturated rings. The molecule has 0 aliphatic rings. The van der Waals surface area contributed by atoms with Gasteiger partial charge in [0.25, 0.3) is 11.8 Å². The number of carbonyl (C=O) groups excluding carboxylic acids is 3. The molecular formula is C27H23Cl4N8O4S2-. The first-order valence-corrected chi connectivity index (χ1v) is 14.5. The van der Waals surface area contributed by atoms with Crippen molar-refractivity contribution in [3.05, 3.63) is 108 Å². The van der Waals surface area contributed by atoms with Crippen LogP contribution in [-0.2, 0) is 4.79 Å². The van der Waals surface area contributed by atoms with Crippen LogP contribution in [0, 0.1) is 22.7 Å². The number of nitriles is 2. The third kappa shape index (κ3) is 12.4. The van der Waals surface area contributed by atoms with Crippen LogP contribution in [0.3, 0.4) is 0 Å². The highest BCUT2D eigenvalue weighted by molar-refractivity contribution is 7.09. The van der Waals surface area contributed by atoms with Crippen molar-refractivity contribution < 1.29 is 19.9 Å². The number of aromatic nitrogens is 2. The van der Waals surface area contributed by atoms with Gasteiger partial charge in [0.15, 0.2) is 10.3 Å². The second-order valence-electron chi connectivity index (χ2n) is 7.49. The molecule has 2 heterocycles. The smallest absolute Gasteiger partial charge is 0.282 e. The van der Waals surface area contributed by atoms with Crippen LogP contribution in [0.25, 0.3) is 5.57 Å². The van der Waals surface area contributed by atoms with E-state index in [2.05, 4.69) is 19.6 Å². The second kappa shape index (κ2) is 21.6. The van der Waals surface area contributed by atoms with Crippen LogP contribution in [-0.4, -0.2) is 32.3 Å². The zero-order chi connectivity index (χ0) is 31.8. The average molecular weight is 729 g/mol. The summed E-state index contributed by atoms with van der Waals surface area (Å²) in [6, 6.07) is 22.0. The molecule has 236 valence electrons. The normalized spacial score (nSPS) is 10.2. The molecular weight excluding hydrogens is 706 g/mol. The van der Waals surface area contributed by atoms with Crippen molar-refractivity contribution >= 4 is 93.1 Å². The van der Waals surface area contributed by atoms with Crippen LogP contribution in [0.1, 0.15) is 43.8 Å². The number of benzene rings is 2. The number of halogens is 4. The lowest BCUT2D eigenvalue weighted by Crippen LogP contribution is -2.33. The van der Waals surface area contributed by atoms with Crippen molar-refractivity contribution in [3.8, 4) is 12.1 Å². The van der Waals surface area contributed by atoms with Gasteiger partial charge in [-0.3, -0.25) is 20.4 Å². The van der Waals surface area contributed by atoms with Gasteiger partial charge in [-0.2, -0.15) is 19.3 Å². The van der Waals surface area contributed by atoms with E-state index in [1.807, 2.05) is 54.0 Å². The van der Waals surface area contributed by atoms with Crippen LogP contribution in [0.5, 0.6) is 0 Å². The first-order chi connectivity index (χ1) is 20.7. The molecule has 1 atom stereocenters. The molecule has 4 aromatic rings. The SMILES string of the molecule is C.N#CC(=CNNC(=O)c1snc(Cl)c1Cl)c1ccccc1.N#CC(C=O)c1ccccc1.NNC(=O)c1snc(Cl)c1Cl.[OH-].